The second-order valence-electron chi connectivity index (χ2n) is 39.2. The fourth-order valence-corrected chi connectivity index (χ4v) is 17.9. The summed E-state index contributed by atoms with van der Waals surface area (Å²) in [5, 5.41) is 4.94. The van der Waals surface area contributed by atoms with Crippen molar-refractivity contribution in [1.82, 2.24) is 9.13 Å². The van der Waals surface area contributed by atoms with Crippen LogP contribution in [0.5, 0.6) is 0 Å². The van der Waals surface area contributed by atoms with Crippen molar-refractivity contribution >= 4 is 101 Å². The highest BCUT2D eigenvalue weighted by Crippen LogP contribution is 2.54. The molecule has 0 atom stereocenters. The molecule has 0 saturated carbocycles. The van der Waals surface area contributed by atoms with E-state index in [0.717, 1.165) is 34.1 Å². The van der Waals surface area contributed by atoms with Gasteiger partial charge in [0.15, 0.2) is 0 Å². The van der Waals surface area contributed by atoms with Crippen molar-refractivity contribution in [2.24, 2.45) is 0 Å². The first-order valence-electron chi connectivity index (χ1n) is 40.3. The quantitative estimate of drug-likeness (QED) is 0.141. The Morgan fingerprint density at radius 3 is 0.829 bits per heavy atom. The molecule has 2 aromatic heterocycles. The van der Waals surface area contributed by atoms with Gasteiger partial charge in [0.2, 0.25) is 0 Å². The molecule has 0 unspecified atom stereocenters. The Balaban J connectivity index is 1.06. The number of nitrogens with zero attached hydrogens (tertiary/aromatic N) is 4. The highest BCUT2D eigenvalue weighted by atomic mass is 15.2. The number of para-hydroxylation sites is 4. The summed E-state index contributed by atoms with van der Waals surface area (Å²) in [6.07, 6.45) is 0. The van der Waals surface area contributed by atoms with Gasteiger partial charge in [0.1, 0.15) is 0 Å². The summed E-state index contributed by atoms with van der Waals surface area (Å²) in [5.74, 6) is 0. The summed E-state index contributed by atoms with van der Waals surface area (Å²) < 4.78 is 5.04. The molecule has 0 radical (unpaired) electrons. The molecule has 15 aromatic rings. The molecule has 13 aromatic carbocycles. The first-order chi connectivity index (χ1) is 52.5. The highest BCUT2D eigenvalue weighted by molar-refractivity contribution is 7.00. The molecule has 0 N–H and O–H groups in total. The zero-order valence-corrected chi connectivity index (χ0v) is 69.3. The van der Waals surface area contributed by atoms with E-state index in [1.165, 1.54) is 155 Å². The zero-order chi connectivity index (χ0) is 78.1. The van der Waals surface area contributed by atoms with Crippen molar-refractivity contribution < 1.29 is 0 Å². The number of aromatic nitrogens is 2. The second kappa shape index (κ2) is 25.9. The van der Waals surface area contributed by atoms with Crippen molar-refractivity contribution in [2.75, 3.05) is 9.80 Å². The van der Waals surface area contributed by atoms with Gasteiger partial charge in [-0.25, -0.2) is 0 Å². The molecule has 0 aliphatic carbocycles. The minimum atomic E-state index is -0.338. The van der Waals surface area contributed by atoms with E-state index < -0.39 is 0 Å². The van der Waals surface area contributed by atoms with E-state index in [4.69, 9.17) is 0 Å². The van der Waals surface area contributed by atoms with Crippen LogP contribution in [-0.2, 0) is 37.9 Å². The summed E-state index contributed by atoms with van der Waals surface area (Å²) in [6.45, 7) is 49.6. The monoisotopic (exact) mass is 1450 g/mol. The van der Waals surface area contributed by atoms with Gasteiger partial charge in [0.05, 0.1) is 33.4 Å². The molecular formula is C106H107BN4. The van der Waals surface area contributed by atoms with Crippen molar-refractivity contribution in [3.05, 3.63) is 306 Å². The fraction of sp³-hybridized carbons (Fsp3) is 0.264. The van der Waals surface area contributed by atoms with Gasteiger partial charge in [0.25, 0.3) is 6.71 Å². The summed E-state index contributed by atoms with van der Waals surface area (Å²) in [4.78, 5) is 5.50. The largest absolute Gasteiger partial charge is 0.311 e. The fourth-order valence-electron chi connectivity index (χ4n) is 17.9. The van der Waals surface area contributed by atoms with E-state index in [2.05, 4.69) is 431 Å². The molecule has 4 nitrogen and oxygen atoms in total. The van der Waals surface area contributed by atoms with E-state index in [-0.39, 0.29) is 44.6 Å². The van der Waals surface area contributed by atoms with E-state index in [1.807, 2.05) is 0 Å². The van der Waals surface area contributed by atoms with Crippen LogP contribution in [0.15, 0.2) is 267 Å². The number of fused-ring (bicyclic) bond motifs is 10. The van der Waals surface area contributed by atoms with Crippen molar-refractivity contribution in [1.29, 1.82) is 0 Å². The smallest absolute Gasteiger partial charge is 0.252 e. The van der Waals surface area contributed by atoms with Gasteiger partial charge < -0.3 is 18.9 Å². The molecule has 554 valence electrons. The van der Waals surface area contributed by atoms with Crippen molar-refractivity contribution in [3.63, 3.8) is 0 Å². The molecule has 5 heteroatoms. The van der Waals surface area contributed by atoms with Crippen LogP contribution in [0.3, 0.4) is 0 Å². The first kappa shape index (κ1) is 73.0. The Labute approximate surface area is 660 Å². The molecular weight excluding hydrogens is 1340 g/mol. The zero-order valence-electron chi connectivity index (χ0n) is 69.3. The van der Waals surface area contributed by atoms with Crippen LogP contribution in [0.2, 0.25) is 0 Å². The van der Waals surface area contributed by atoms with E-state index in [1.54, 1.807) is 0 Å². The molecule has 4 heterocycles. The molecule has 0 fully saturated rings. The Morgan fingerprint density at radius 1 is 0.216 bits per heavy atom. The Morgan fingerprint density at radius 2 is 0.514 bits per heavy atom. The standard InChI is InChI=1S/C106H107BN4/c1-100(2,3)70-54-68(55-71(60-70)101(4,5)6)66-46-50-83(77-34-22-28-40-85(77)105(16,17)18)93(58-66)110-95-64-75(108-89-42-30-24-36-79(89)80-37-25-31-43-90(80)108)48-52-87(95)107-88-53-49-76(109-91-44-32-26-38-81(91)82-39-27-33-45-92(82)109)65-96(88)111(98-63-74(104(13,14)15)62-97(110)99(98)107)94-59-67(47-51-84(94)78-35-23-29-41-86(78)106(19,20)21)69-56-72(102(7,8)9)61-73(57-69)103(10,11)12/h22-65H,1-21H3. The maximum atomic E-state index is 2.75. The van der Waals surface area contributed by atoms with Gasteiger partial charge in [-0.3, -0.25) is 0 Å². The maximum Gasteiger partial charge on any atom is 0.252 e. The number of hydrogen-bond acceptors (Lipinski definition) is 2. The van der Waals surface area contributed by atoms with Crippen LogP contribution < -0.4 is 26.2 Å². The minimum absolute atomic E-state index is 0.104. The second-order valence-corrected chi connectivity index (χ2v) is 39.2. The van der Waals surface area contributed by atoms with Crippen molar-refractivity contribution in [2.45, 2.75) is 183 Å². The van der Waals surface area contributed by atoms with Gasteiger partial charge in [0, 0.05) is 66.8 Å². The minimum Gasteiger partial charge on any atom is -0.311 e. The van der Waals surface area contributed by atoms with E-state index >= 15 is 0 Å². The maximum absolute atomic E-state index is 2.75. The third kappa shape index (κ3) is 12.5. The predicted octanol–water partition coefficient (Wildman–Crippen LogP) is 27.7. The molecule has 0 saturated heterocycles. The van der Waals surface area contributed by atoms with Crippen LogP contribution in [0.25, 0.3) is 99.5 Å². The Hall–Kier alpha value is -10.9. The van der Waals surface area contributed by atoms with E-state index in [9.17, 15) is 0 Å². The molecule has 17 rings (SSSR count). The molecule has 2 aliphatic rings. The Kier molecular flexibility index (Phi) is 17.0. The third-order valence-corrected chi connectivity index (χ3v) is 24.1. The van der Waals surface area contributed by atoms with E-state index in [0.29, 0.717) is 0 Å². The molecule has 0 bridgehead atoms. The van der Waals surface area contributed by atoms with Gasteiger partial charge >= 0.3 is 0 Å². The Bertz CT molecular complexity index is 5730. The van der Waals surface area contributed by atoms with Gasteiger partial charge in [-0.05, 0) is 199 Å². The van der Waals surface area contributed by atoms with Gasteiger partial charge in [-0.15, -0.1) is 0 Å². The van der Waals surface area contributed by atoms with Crippen LogP contribution in [0.1, 0.15) is 184 Å². The average Bonchev–Trinajstić information content (AvgIpc) is 1.05. The molecule has 2 aliphatic heterocycles. The SMILES string of the molecule is CC(C)(C)c1cc(-c2ccc(-c3ccccc3C(C)(C)C)c(N3c4cc(-n5c6ccccc6c6ccccc65)ccc4B4c5ccc(-n6c7ccccc7c7ccccc76)cc5N(c5cc(-c6cc(C(C)(C)C)cc(C(C)(C)C)c6)ccc5-c5ccccc5C(C)(C)C)c5cc(C(C)(C)C)cc3c54)c2)cc(C(C)(C)C)c1. The topological polar surface area (TPSA) is 16.3 Å². The molecule has 111 heavy (non-hydrogen) atoms. The van der Waals surface area contributed by atoms with Crippen LogP contribution in [0.4, 0.5) is 34.1 Å². The number of hydrogen-bond donors (Lipinski definition) is 0. The van der Waals surface area contributed by atoms with Crippen LogP contribution in [-0.4, -0.2) is 15.8 Å². The van der Waals surface area contributed by atoms with Crippen LogP contribution in [0, 0.1) is 0 Å². The summed E-state index contributed by atoms with van der Waals surface area (Å²) in [6, 6.07) is 104. The average molecular weight is 1450 g/mol. The first-order valence-corrected chi connectivity index (χ1v) is 40.3. The lowest BCUT2D eigenvalue weighted by molar-refractivity contribution is 0.568. The lowest BCUT2D eigenvalue weighted by Gasteiger charge is -2.46. The molecule has 0 spiro atoms. The normalized spacial score (nSPS) is 13.6. The molecule has 0 amide bonds. The third-order valence-electron chi connectivity index (χ3n) is 24.1. The predicted molar refractivity (Wildman–Crippen MR) is 482 cm³/mol. The number of anilines is 6. The van der Waals surface area contributed by atoms with Gasteiger partial charge in [-0.1, -0.05) is 340 Å². The number of benzene rings is 13. The van der Waals surface area contributed by atoms with Gasteiger partial charge in [-0.2, -0.15) is 0 Å². The summed E-state index contributed by atoms with van der Waals surface area (Å²) in [5.41, 5.74) is 35.2. The lowest BCUT2D eigenvalue weighted by atomic mass is 9.33. The summed E-state index contributed by atoms with van der Waals surface area (Å²) in [7, 11) is 0. The highest BCUT2D eigenvalue weighted by Gasteiger charge is 2.46. The lowest BCUT2D eigenvalue weighted by Crippen LogP contribution is -2.61. The number of rotatable bonds is 8. The van der Waals surface area contributed by atoms with Crippen molar-refractivity contribution in [3.8, 4) is 55.9 Å². The van der Waals surface area contributed by atoms with Crippen LogP contribution >= 0.6 is 0 Å². The summed E-state index contributed by atoms with van der Waals surface area (Å²) >= 11 is 0.